The van der Waals surface area contributed by atoms with Gasteiger partial charge in [0.1, 0.15) is 11.6 Å². The van der Waals surface area contributed by atoms with E-state index in [1.807, 2.05) is 48.5 Å². The number of hydrogen-bond donors (Lipinski definition) is 1. The fraction of sp³-hybridized carbons (Fsp3) is 0.434. The highest BCUT2D eigenvalue weighted by atomic mass is 19.4. The Kier molecular flexibility index (Phi) is 17.4. The third-order valence-corrected chi connectivity index (χ3v) is 12.5. The van der Waals surface area contributed by atoms with E-state index >= 15 is 8.78 Å². The van der Waals surface area contributed by atoms with Crippen LogP contribution < -0.4 is 15.1 Å². The van der Waals surface area contributed by atoms with Crippen LogP contribution in [0.2, 0.25) is 0 Å². The molecular weight excluding hydrogens is 967 g/mol. The predicted molar refractivity (Wildman–Crippen MR) is 259 cm³/mol. The SMILES string of the molecule is CC(C)(C)c1ccc(N(Cc2ccc(-c3nnc(C(F)(F)F)o3)cc2F)C(=O)N2CCCCC2)cc1.CC(C)(C)c1ccc(N(Cc2ccc(C(=O)CNC(=O)C(F)(F)F)cc2F)C(=O)N2CCCCC2)cc1. The molecule has 1 N–H and O–H groups in total. The highest BCUT2D eigenvalue weighted by molar-refractivity contribution is 6.00. The van der Waals surface area contributed by atoms with Crippen molar-refractivity contribution in [3.05, 3.63) is 130 Å². The summed E-state index contributed by atoms with van der Waals surface area (Å²) in [7, 11) is 0. The molecular formula is C53H59F8N7O5. The van der Waals surface area contributed by atoms with Gasteiger partial charge in [-0.1, -0.05) is 84.0 Å². The summed E-state index contributed by atoms with van der Waals surface area (Å²) in [6.45, 7) is 13.9. The number of piperidine rings is 2. The van der Waals surface area contributed by atoms with Crippen molar-refractivity contribution in [2.75, 3.05) is 42.5 Å². The van der Waals surface area contributed by atoms with Gasteiger partial charge in [-0.3, -0.25) is 19.4 Å². The molecule has 0 unspecified atom stereocenters. The third kappa shape index (κ3) is 14.7. The van der Waals surface area contributed by atoms with Gasteiger partial charge in [0.25, 0.3) is 0 Å². The lowest BCUT2D eigenvalue weighted by Gasteiger charge is -2.33. The Hall–Kier alpha value is -6.86. The monoisotopic (exact) mass is 1030 g/mol. The van der Waals surface area contributed by atoms with Gasteiger partial charge in [-0.05, 0) is 103 Å². The van der Waals surface area contributed by atoms with Crippen LogP contribution in [0.1, 0.15) is 119 Å². The van der Waals surface area contributed by atoms with Crippen molar-refractivity contribution < 1.29 is 58.7 Å². The van der Waals surface area contributed by atoms with Gasteiger partial charge in [0, 0.05) is 59.8 Å². The van der Waals surface area contributed by atoms with Gasteiger partial charge in [-0.25, -0.2) is 18.4 Å². The molecule has 12 nitrogen and oxygen atoms in total. The summed E-state index contributed by atoms with van der Waals surface area (Å²) in [5, 5.41) is 7.84. The van der Waals surface area contributed by atoms with Gasteiger partial charge in [0.05, 0.1) is 19.6 Å². The van der Waals surface area contributed by atoms with Crippen LogP contribution in [0, 0.1) is 11.6 Å². The van der Waals surface area contributed by atoms with Gasteiger partial charge >= 0.3 is 36.2 Å². The van der Waals surface area contributed by atoms with E-state index in [1.54, 1.807) is 9.80 Å². The normalized spacial score (nSPS) is 14.5. The number of aromatic nitrogens is 2. The highest BCUT2D eigenvalue weighted by Gasteiger charge is 2.39. The molecule has 0 bridgehead atoms. The number of halogens is 8. The highest BCUT2D eigenvalue weighted by Crippen LogP contribution is 2.33. The molecule has 2 aliphatic rings. The van der Waals surface area contributed by atoms with E-state index in [0.717, 1.165) is 61.8 Å². The molecule has 3 heterocycles. The molecule has 0 radical (unpaired) electrons. The van der Waals surface area contributed by atoms with Crippen molar-refractivity contribution in [2.45, 2.75) is 116 Å². The fourth-order valence-electron chi connectivity index (χ4n) is 8.15. The number of alkyl halides is 6. The Morgan fingerprint density at radius 3 is 1.41 bits per heavy atom. The molecule has 20 heteroatoms. The predicted octanol–water partition coefficient (Wildman–Crippen LogP) is 12.4. The minimum atomic E-state index is -5.12. The number of nitrogens with one attached hydrogen (secondary N) is 1. The van der Waals surface area contributed by atoms with Crippen LogP contribution in [-0.4, -0.2) is 82.6 Å². The van der Waals surface area contributed by atoms with Crippen molar-refractivity contribution in [3.8, 4) is 11.5 Å². The second-order valence-corrected chi connectivity index (χ2v) is 20.1. The topological polar surface area (TPSA) is 132 Å². The largest absolute Gasteiger partial charge is 0.471 e. The Morgan fingerprint density at radius 2 is 1.03 bits per heavy atom. The van der Waals surface area contributed by atoms with Crippen molar-refractivity contribution in [1.82, 2.24) is 25.3 Å². The average Bonchev–Trinajstić information content (AvgIpc) is 3.86. The van der Waals surface area contributed by atoms with E-state index in [1.165, 1.54) is 39.4 Å². The van der Waals surface area contributed by atoms with Crippen LogP contribution in [-0.2, 0) is 34.9 Å². The molecule has 2 saturated heterocycles. The first kappa shape index (κ1) is 55.5. The molecule has 0 saturated carbocycles. The molecule has 2 aliphatic heterocycles. The summed E-state index contributed by atoms with van der Waals surface area (Å²) in [5.41, 5.74) is 3.43. The van der Waals surface area contributed by atoms with Gasteiger partial charge in [-0.2, -0.15) is 26.3 Å². The smallest absolute Gasteiger partial charge is 0.413 e. The lowest BCUT2D eigenvalue weighted by molar-refractivity contribution is -0.173. The number of carbonyl (C=O) groups excluding carboxylic acids is 4. The van der Waals surface area contributed by atoms with Crippen molar-refractivity contribution in [2.24, 2.45) is 0 Å². The zero-order valence-corrected chi connectivity index (χ0v) is 41.5. The van der Waals surface area contributed by atoms with Crippen molar-refractivity contribution in [1.29, 1.82) is 0 Å². The van der Waals surface area contributed by atoms with E-state index in [0.29, 0.717) is 37.6 Å². The number of likely N-dealkylation sites (tertiary alicyclic amines) is 2. The number of Topliss-reactive ketones (excluding diaryl/α,β-unsaturated/α-hetero) is 1. The van der Waals surface area contributed by atoms with Crippen molar-refractivity contribution >= 4 is 35.1 Å². The number of urea groups is 2. The Bertz CT molecular complexity index is 2720. The standard InChI is InChI=1S/C27H31F4N3O3.C26H28F4N4O2/c1-26(2,3)20-9-11-21(12-10-20)34(25(37)33-13-5-4-6-14-33)17-19-8-7-18(15-22(19)28)23(35)16-32-24(36)27(29,30)31;1-25(2,3)19-9-11-20(12-10-19)34(24(35)33-13-5-4-6-14-33)16-18-8-7-17(15-21(18)27)22-31-32-23(36-22)26(28,29)30/h7-12,15H,4-6,13-14,16-17H2,1-3H3,(H,32,36);7-12,15H,4-6,13-14,16H2,1-3H3. The fourth-order valence-corrected chi connectivity index (χ4v) is 8.15. The minimum Gasteiger partial charge on any atom is -0.413 e. The molecule has 2 fully saturated rings. The zero-order valence-electron chi connectivity index (χ0n) is 41.5. The van der Waals surface area contributed by atoms with E-state index in [2.05, 4.69) is 56.2 Å². The number of benzene rings is 4. The Morgan fingerprint density at radius 1 is 0.589 bits per heavy atom. The van der Waals surface area contributed by atoms with Crippen LogP contribution >= 0.6 is 0 Å². The van der Waals surface area contributed by atoms with Crippen LogP contribution in [0.3, 0.4) is 0 Å². The number of ketones is 1. The molecule has 0 atom stereocenters. The average molecular weight is 1030 g/mol. The number of hydrogen-bond acceptors (Lipinski definition) is 7. The summed E-state index contributed by atoms with van der Waals surface area (Å²) in [4.78, 5) is 56.6. The first-order valence-electron chi connectivity index (χ1n) is 23.9. The maximum Gasteiger partial charge on any atom is 0.471 e. The second kappa shape index (κ2) is 22.9. The first-order valence-corrected chi connectivity index (χ1v) is 23.9. The molecule has 5 aromatic rings. The van der Waals surface area contributed by atoms with E-state index in [-0.39, 0.29) is 58.2 Å². The van der Waals surface area contributed by atoms with Crippen LogP contribution in [0.15, 0.2) is 89.3 Å². The number of anilines is 2. The molecule has 4 aromatic carbocycles. The van der Waals surface area contributed by atoms with Crippen LogP contribution in [0.25, 0.3) is 11.5 Å². The number of amides is 5. The van der Waals surface area contributed by atoms with Crippen LogP contribution in [0.4, 0.5) is 56.1 Å². The summed E-state index contributed by atoms with van der Waals surface area (Å²) < 4.78 is 110. The molecule has 73 heavy (non-hydrogen) atoms. The quantitative estimate of drug-likeness (QED) is 0.109. The number of carbonyl (C=O) groups is 4. The molecule has 7 rings (SSSR count). The molecule has 0 spiro atoms. The lowest BCUT2D eigenvalue weighted by atomic mass is 9.87. The Labute approximate surface area is 418 Å². The van der Waals surface area contributed by atoms with Gasteiger partial charge in [-0.15, -0.1) is 10.2 Å². The summed E-state index contributed by atoms with van der Waals surface area (Å²) in [5.74, 6) is -6.53. The maximum atomic E-state index is 15.1. The molecule has 1 aromatic heterocycles. The van der Waals surface area contributed by atoms with Crippen LogP contribution in [0.5, 0.6) is 0 Å². The zero-order chi connectivity index (χ0) is 53.5. The lowest BCUT2D eigenvalue weighted by Crippen LogP contribution is -2.45. The van der Waals surface area contributed by atoms with E-state index in [4.69, 9.17) is 0 Å². The maximum absolute atomic E-state index is 15.1. The first-order chi connectivity index (χ1) is 34.2. The Balaban J connectivity index is 0.000000238. The van der Waals surface area contributed by atoms with Gasteiger partial charge in [0.15, 0.2) is 5.78 Å². The summed E-state index contributed by atoms with van der Waals surface area (Å²) in [6, 6.07) is 22.0. The summed E-state index contributed by atoms with van der Waals surface area (Å²) >= 11 is 0. The van der Waals surface area contributed by atoms with E-state index in [9.17, 15) is 45.5 Å². The third-order valence-electron chi connectivity index (χ3n) is 12.5. The number of nitrogens with zero attached hydrogens (tertiary/aromatic N) is 6. The summed E-state index contributed by atoms with van der Waals surface area (Å²) in [6.07, 6.45) is -4.21. The molecule has 5 amide bonds. The second-order valence-electron chi connectivity index (χ2n) is 20.1. The van der Waals surface area contributed by atoms with E-state index < -0.39 is 54.0 Å². The number of rotatable bonds is 10. The molecule has 0 aliphatic carbocycles. The molecule has 392 valence electrons. The minimum absolute atomic E-state index is 0.0164. The van der Waals surface area contributed by atoms with Gasteiger partial charge in [0.2, 0.25) is 5.89 Å². The van der Waals surface area contributed by atoms with Gasteiger partial charge < -0.3 is 19.5 Å². The van der Waals surface area contributed by atoms with Crippen molar-refractivity contribution in [3.63, 3.8) is 0 Å².